The number of aromatic nitrogens is 2. The number of nitriles is 1. The summed E-state index contributed by atoms with van der Waals surface area (Å²) in [5.41, 5.74) is 0.717. The van der Waals surface area contributed by atoms with Crippen LogP contribution in [0.3, 0.4) is 0 Å². The van der Waals surface area contributed by atoms with Crippen molar-refractivity contribution in [2.24, 2.45) is 11.3 Å². The third kappa shape index (κ3) is 2.55. The first-order chi connectivity index (χ1) is 8.00. The number of hydrogen-bond acceptors (Lipinski definition) is 4. The maximum absolute atomic E-state index is 8.68. The van der Waals surface area contributed by atoms with Gasteiger partial charge in [0, 0.05) is 13.1 Å². The molecule has 1 saturated heterocycles. The Bertz CT molecular complexity index is 424. The molecule has 0 N–H and O–H groups in total. The molecule has 2 heterocycles. The fourth-order valence-corrected chi connectivity index (χ4v) is 2.22. The zero-order valence-electron chi connectivity index (χ0n) is 10.6. The van der Waals surface area contributed by atoms with Crippen LogP contribution in [0.4, 0.5) is 5.82 Å². The van der Waals surface area contributed by atoms with E-state index < -0.39 is 0 Å². The van der Waals surface area contributed by atoms with E-state index in [-0.39, 0.29) is 0 Å². The zero-order valence-corrected chi connectivity index (χ0v) is 10.6. The van der Waals surface area contributed by atoms with Gasteiger partial charge in [-0.3, -0.25) is 0 Å². The highest BCUT2D eigenvalue weighted by atomic mass is 15.2. The van der Waals surface area contributed by atoms with E-state index >= 15 is 0 Å². The molecule has 17 heavy (non-hydrogen) atoms. The Morgan fingerprint density at radius 3 is 2.59 bits per heavy atom. The highest BCUT2D eigenvalue weighted by molar-refractivity contribution is 5.38. The first-order valence-electron chi connectivity index (χ1n) is 5.98. The van der Waals surface area contributed by atoms with Crippen molar-refractivity contribution < 1.29 is 0 Å². The lowest BCUT2D eigenvalue weighted by molar-refractivity contribution is 0.263. The predicted molar refractivity (Wildman–Crippen MR) is 66.5 cm³/mol. The average molecular weight is 230 g/mol. The standard InChI is InChI=1S/C13H18N4/c1-13(2,3)10-4-5-17(9-10)12-8-15-11(6-14)7-16-12/h7-8,10H,4-5,9H2,1-3H3. The van der Waals surface area contributed by atoms with Crippen molar-refractivity contribution in [2.75, 3.05) is 18.0 Å². The molecule has 0 radical (unpaired) electrons. The molecule has 1 aromatic rings. The molecule has 4 nitrogen and oxygen atoms in total. The van der Waals surface area contributed by atoms with E-state index in [1.807, 2.05) is 6.07 Å². The lowest BCUT2D eigenvalue weighted by Crippen LogP contribution is -2.26. The van der Waals surface area contributed by atoms with Crippen molar-refractivity contribution >= 4 is 5.82 Å². The largest absolute Gasteiger partial charge is 0.355 e. The highest BCUT2D eigenvalue weighted by Gasteiger charge is 2.32. The SMILES string of the molecule is CC(C)(C)C1CCN(c2cnc(C#N)cn2)C1. The summed E-state index contributed by atoms with van der Waals surface area (Å²) < 4.78 is 0. The van der Waals surface area contributed by atoms with Crippen LogP contribution < -0.4 is 4.90 Å². The van der Waals surface area contributed by atoms with Gasteiger partial charge < -0.3 is 4.90 Å². The van der Waals surface area contributed by atoms with Gasteiger partial charge in [-0.05, 0) is 17.8 Å². The normalized spacial score (nSPS) is 20.4. The Balaban J connectivity index is 2.08. The minimum absolute atomic E-state index is 0.342. The van der Waals surface area contributed by atoms with Gasteiger partial charge >= 0.3 is 0 Å². The van der Waals surface area contributed by atoms with Gasteiger partial charge in [-0.15, -0.1) is 0 Å². The summed E-state index contributed by atoms with van der Waals surface area (Å²) in [6, 6.07) is 1.99. The summed E-state index contributed by atoms with van der Waals surface area (Å²) in [6.45, 7) is 8.91. The van der Waals surface area contributed by atoms with E-state index in [0.717, 1.165) is 18.9 Å². The molecule has 1 atom stereocenters. The van der Waals surface area contributed by atoms with Crippen molar-refractivity contribution in [3.8, 4) is 6.07 Å². The molecule has 0 aliphatic carbocycles. The zero-order chi connectivity index (χ0) is 12.5. The molecule has 1 aliphatic heterocycles. The summed E-state index contributed by atoms with van der Waals surface area (Å²) in [4.78, 5) is 10.6. The van der Waals surface area contributed by atoms with Crippen molar-refractivity contribution in [2.45, 2.75) is 27.2 Å². The van der Waals surface area contributed by atoms with Crippen molar-refractivity contribution in [3.63, 3.8) is 0 Å². The lowest BCUT2D eigenvalue weighted by Gasteiger charge is -2.27. The summed E-state index contributed by atoms with van der Waals surface area (Å²) >= 11 is 0. The first-order valence-corrected chi connectivity index (χ1v) is 5.98. The van der Waals surface area contributed by atoms with Gasteiger partial charge in [0.2, 0.25) is 0 Å². The molecule has 0 amide bonds. The second-order valence-corrected chi connectivity index (χ2v) is 5.67. The van der Waals surface area contributed by atoms with Crippen LogP contribution in [0.15, 0.2) is 12.4 Å². The molecule has 1 aliphatic rings. The molecule has 0 bridgehead atoms. The topological polar surface area (TPSA) is 52.8 Å². The highest BCUT2D eigenvalue weighted by Crippen LogP contribution is 2.34. The molecule has 4 heteroatoms. The van der Waals surface area contributed by atoms with Gasteiger partial charge in [0.1, 0.15) is 11.9 Å². The van der Waals surface area contributed by atoms with Crippen LogP contribution in [0.2, 0.25) is 0 Å². The monoisotopic (exact) mass is 230 g/mol. The fourth-order valence-electron chi connectivity index (χ4n) is 2.22. The van der Waals surface area contributed by atoms with Crippen LogP contribution in [0.1, 0.15) is 32.9 Å². The molecule has 1 fully saturated rings. The molecule has 90 valence electrons. The van der Waals surface area contributed by atoms with Crippen LogP contribution >= 0.6 is 0 Å². The van der Waals surface area contributed by atoms with Gasteiger partial charge in [0.25, 0.3) is 0 Å². The van der Waals surface area contributed by atoms with E-state index in [2.05, 4.69) is 35.6 Å². The maximum atomic E-state index is 8.68. The number of rotatable bonds is 1. The second kappa shape index (κ2) is 4.33. The number of anilines is 1. The van der Waals surface area contributed by atoms with Gasteiger partial charge in [-0.2, -0.15) is 5.26 Å². The molecule has 2 rings (SSSR count). The summed E-state index contributed by atoms with van der Waals surface area (Å²) in [7, 11) is 0. The third-order valence-corrected chi connectivity index (χ3v) is 3.49. The molecule has 0 saturated carbocycles. The Kier molecular flexibility index (Phi) is 3.01. The molecular formula is C13H18N4. The van der Waals surface area contributed by atoms with E-state index in [4.69, 9.17) is 5.26 Å². The minimum atomic E-state index is 0.342. The molecule has 1 aromatic heterocycles. The van der Waals surface area contributed by atoms with Gasteiger partial charge in [0.15, 0.2) is 5.69 Å². The Hall–Kier alpha value is -1.63. The Morgan fingerprint density at radius 1 is 1.35 bits per heavy atom. The third-order valence-electron chi connectivity index (χ3n) is 3.49. The van der Waals surface area contributed by atoms with Crippen LogP contribution in [-0.4, -0.2) is 23.1 Å². The van der Waals surface area contributed by atoms with E-state index in [1.54, 1.807) is 12.4 Å². The number of nitrogens with zero attached hydrogens (tertiary/aromatic N) is 4. The summed E-state index contributed by atoms with van der Waals surface area (Å²) in [6.07, 6.45) is 4.44. The summed E-state index contributed by atoms with van der Waals surface area (Å²) in [5, 5.41) is 8.68. The molecule has 0 aromatic carbocycles. The van der Waals surface area contributed by atoms with Crippen molar-refractivity contribution in [1.29, 1.82) is 5.26 Å². The average Bonchev–Trinajstić information content (AvgIpc) is 2.78. The summed E-state index contributed by atoms with van der Waals surface area (Å²) in [5.74, 6) is 1.58. The Morgan fingerprint density at radius 2 is 2.12 bits per heavy atom. The van der Waals surface area contributed by atoms with Gasteiger partial charge in [0.05, 0.1) is 12.4 Å². The van der Waals surface area contributed by atoms with Crippen LogP contribution in [0.25, 0.3) is 0 Å². The van der Waals surface area contributed by atoms with E-state index in [9.17, 15) is 0 Å². The smallest absolute Gasteiger partial charge is 0.158 e. The second-order valence-electron chi connectivity index (χ2n) is 5.67. The van der Waals surface area contributed by atoms with E-state index in [1.165, 1.54) is 6.42 Å². The van der Waals surface area contributed by atoms with Crippen LogP contribution in [0, 0.1) is 22.7 Å². The molecular weight excluding hydrogens is 212 g/mol. The maximum Gasteiger partial charge on any atom is 0.158 e. The van der Waals surface area contributed by atoms with Crippen molar-refractivity contribution in [1.82, 2.24) is 9.97 Å². The minimum Gasteiger partial charge on any atom is -0.355 e. The van der Waals surface area contributed by atoms with Gasteiger partial charge in [-0.1, -0.05) is 20.8 Å². The predicted octanol–water partition coefficient (Wildman–Crippen LogP) is 2.22. The first kappa shape index (κ1) is 11.8. The van der Waals surface area contributed by atoms with Crippen LogP contribution in [0.5, 0.6) is 0 Å². The van der Waals surface area contributed by atoms with E-state index in [0.29, 0.717) is 17.0 Å². The quantitative estimate of drug-likeness (QED) is 0.742. The molecule has 0 spiro atoms. The van der Waals surface area contributed by atoms with Crippen molar-refractivity contribution in [3.05, 3.63) is 18.1 Å². The fraction of sp³-hybridized carbons (Fsp3) is 0.615. The van der Waals surface area contributed by atoms with Gasteiger partial charge in [-0.25, -0.2) is 9.97 Å². The molecule has 1 unspecified atom stereocenters. The lowest BCUT2D eigenvalue weighted by atomic mass is 9.80. The number of hydrogen-bond donors (Lipinski definition) is 0. The Labute approximate surface area is 102 Å². The van der Waals surface area contributed by atoms with Crippen LogP contribution in [-0.2, 0) is 0 Å².